The average molecular weight is 561 g/mol. The van der Waals surface area contributed by atoms with Crippen molar-refractivity contribution in [2.75, 3.05) is 0 Å². The number of unbranched alkanes of at least 4 members (excludes halogenated alkanes) is 15. The first-order valence-corrected chi connectivity index (χ1v) is 16.9. The lowest BCUT2D eigenvalue weighted by Crippen LogP contribution is -2.05. The molecular formula is C36H64O4. The predicted octanol–water partition coefficient (Wildman–Crippen LogP) is 11.6. The molecule has 2 N–H and O–H groups in total. The number of hydrogen-bond donors (Lipinski definition) is 2. The van der Waals surface area contributed by atoms with Crippen LogP contribution in [0.5, 0.6) is 0 Å². The van der Waals surface area contributed by atoms with Crippen LogP contribution < -0.4 is 0 Å². The Morgan fingerprint density at radius 1 is 0.550 bits per heavy atom. The minimum atomic E-state index is -0.678. The van der Waals surface area contributed by atoms with Crippen LogP contribution in [-0.4, -0.2) is 22.2 Å². The third-order valence-corrected chi connectivity index (χ3v) is 7.79. The van der Waals surface area contributed by atoms with Crippen molar-refractivity contribution >= 4 is 11.9 Å². The lowest BCUT2D eigenvalue weighted by molar-refractivity contribution is -0.138. The van der Waals surface area contributed by atoms with Gasteiger partial charge in [0.05, 0.1) is 0 Å². The van der Waals surface area contributed by atoms with Crippen molar-refractivity contribution in [2.24, 2.45) is 5.92 Å². The summed E-state index contributed by atoms with van der Waals surface area (Å²) in [5.74, 6) is -0.688. The number of carbonyl (C=O) groups is 2. The highest BCUT2D eigenvalue weighted by Crippen LogP contribution is 2.28. The van der Waals surface area contributed by atoms with Crippen molar-refractivity contribution in [1.29, 1.82) is 0 Å². The molecule has 0 aromatic heterocycles. The van der Waals surface area contributed by atoms with Gasteiger partial charge >= 0.3 is 11.9 Å². The first kappa shape index (κ1) is 38.2. The quantitative estimate of drug-likeness (QED) is 0.0676. The van der Waals surface area contributed by atoms with Crippen molar-refractivity contribution in [3.63, 3.8) is 0 Å². The summed E-state index contributed by atoms with van der Waals surface area (Å²) in [6.07, 6.45) is 39.6. The Morgan fingerprint density at radius 3 is 1.60 bits per heavy atom. The molecule has 0 aromatic carbocycles. The minimum absolute atomic E-state index is 0.305. The molecule has 0 aliphatic rings. The summed E-state index contributed by atoms with van der Waals surface area (Å²) in [6.45, 7) is 4.57. The van der Waals surface area contributed by atoms with E-state index in [0.717, 1.165) is 64.2 Å². The second kappa shape index (κ2) is 30.1. The highest BCUT2D eigenvalue weighted by Gasteiger charge is 2.12. The second-order valence-electron chi connectivity index (χ2n) is 11.6. The van der Waals surface area contributed by atoms with Gasteiger partial charge in [0.15, 0.2) is 0 Å². The molecule has 0 bridgehead atoms. The Kier molecular flexibility index (Phi) is 28.7. The molecule has 0 saturated carbocycles. The standard InChI is InChI=1S/C36H64O4/c1-3-5-7-22-28-34(30-24-18-14-11-12-16-20-26-32-36(39)40)33(27-21-6-4-2)29-23-17-13-9-8-10-15-19-25-31-35(37)38/h13,17-18,24,29,34H,3-12,14-16,19-23,25-28,30-32H2,1-2H3,(H,37,38)(H,39,40). The van der Waals surface area contributed by atoms with Gasteiger partial charge in [-0.2, -0.15) is 0 Å². The number of allylic oxidation sites excluding steroid dienone is 6. The number of carboxylic acids is 2. The zero-order valence-electron chi connectivity index (χ0n) is 26.4. The highest BCUT2D eigenvalue weighted by molar-refractivity contribution is 5.66. The molecule has 4 nitrogen and oxygen atoms in total. The first-order valence-electron chi connectivity index (χ1n) is 16.9. The Balaban J connectivity index is 4.69. The Morgan fingerprint density at radius 2 is 1.02 bits per heavy atom. The molecule has 0 fully saturated rings. The van der Waals surface area contributed by atoms with Gasteiger partial charge in [-0.1, -0.05) is 127 Å². The lowest BCUT2D eigenvalue weighted by atomic mass is 9.86. The van der Waals surface area contributed by atoms with E-state index in [1.807, 2.05) is 0 Å². The van der Waals surface area contributed by atoms with Crippen LogP contribution in [-0.2, 0) is 9.59 Å². The third kappa shape index (κ3) is 27.7. The summed E-state index contributed by atoms with van der Waals surface area (Å²) in [6, 6.07) is 0. The Bertz CT molecular complexity index is 676. The van der Waals surface area contributed by atoms with Crippen LogP contribution >= 0.6 is 0 Å². The number of hydrogen-bond acceptors (Lipinski definition) is 2. The molecule has 0 aromatic rings. The van der Waals surface area contributed by atoms with E-state index in [9.17, 15) is 9.59 Å². The van der Waals surface area contributed by atoms with Gasteiger partial charge in [0.2, 0.25) is 0 Å². The van der Waals surface area contributed by atoms with Crippen LogP contribution in [0.2, 0.25) is 0 Å². The van der Waals surface area contributed by atoms with Gasteiger partial charge in [-0.25, -0.2) is 0 Å². The van der Waals surface area contributed by atoms with Gasteiger partial charge in [0.1, 0.15) is 0 Å². The van der Waals surface area contributed by atoms with E-state index in [-0.39, 0.29) is 0 Å². The molecule has 0 spiro atoms. The fraction of sp³-hybridized carbons (Fsp3) is 0.778. The topological polar surface area (TPSA) is 74.6 Å². The molecule has 0 saturated heterocycles. The van der Waals surface area contributed by atoms with Crippen LogP contribution in [0.1, 0.15) is 174 Å². The maximum atomic E-state index is 10.6. The SMILES string of the molecule is CCCCCCC(CC=CCCCCCCCC(=O)O)C(=CCC=CCCCCCCCC(=O)O)CCCCC. The molecule has 0 heterocycles. The van der Waals surface area contributed by atoms with Crippen molar-refractivity contribution in [3.05, 3.63) is 36.0 Å². The van der Waals surface area contributed by atoms with E-state index < -0.39 is 11.9 Å². The summed E-state index contributed by atoms with van der Waals surface area (Å²) in [5.41, 5.74) is 1.68. The average Bonchev–Trinajstić information content (AvgIpc) is 2.92. The van der Waals surface area contributed by atoms with Gasteiger partial charge in [-0.15, -0.1) is 0 Å². The van der Waals surface area contributed by atoms with E-state index in [2.05, 4.69) is 44.2 Å². The molecule has 1 atom stereocenters. The van der Waals surface area contributed by atoms with Gasteiger partial charge in [-0.3, -0.25) is 9.59 Å². The lowest BCUT2D eigenvalue weighted by Gasteiger charge is -2.20. The maximum Gasteiger partial charge on any atom is 0.303 e. The van der Waals surface area contributed by atoms with Crippen molar-refractivity contribution < 1.29 is 19.8 Å². The largest absolute Gasteiger partial charge is 0.481 e. The van der Waals surface area contributed by atoms with Crippen molar-refractivity contribution in [3.8, 4) is 0 Å². The summed E-state index contributed by atoms with van der Waals surface area (Å²) in [4.78, 5) is 21.2. The summed E-state index contributed by atoms with van der Waals surface area (Å²) in [5, 5.41) is 17.5. The zero-order valence-corrected chi connectivity index (χ0v) is 26.4. The molecule has 0 aliphatic carbocycles. The normalized spacial score (nSPS) is 13.0. The van der Waals surface area contributed by atoms with E-state index in [0.29, 0.717) is 18.8 Å². The van der Waals surface area contributed by atoms with Crippen LogP contribution in [0.4, 0.5) is 0 Å². The predicted molar refractivity (Wildman–Crippen MR) is 172 cm³/mol. The first-order chi connectivity index (χ1) is 19.5. The smallest absolute Gasteiger partial charge is 0.303 e. The van der Waals surface area contributed by atoms with Gasteiger partial charge < -0.3 is 10.2 Å². The van der Waals surface area contributed by atoms with E-state index in [1.54, 1.807) is 5.57 Å². The molecule has 40 heavy (non-hydrogen) atoms. The highest BCUT2D eigenvalue weighted by atomic mass is 16.4. The molecule has 0 radical (unpaired) electrons. The molecule has 0 rings (SSSR count). The Labute approximate surface area is 247 Å². The number of rotatable bonds is 30. The summed E-state index contributed by atoms with van der Waals surface area (Å²) >= 11 is 0. The zero-order chi connectivity index (χ0) is 29.5. The second-order valence-corrected chi connectivity index (χ2v) is 11.6. The van der Waals surface area contributed by atoms with Crippen molar-refractivity contribution in [1.82, 2.24) is 0 Å². The van der Waals surface area contributed by atoms with E-state index in [1.165, 1.54) is 83.5 Å². The minimum Gasteiger partial charge on any atom is -0.481 e. The number of aliphatic carboxylic acids is 2. The maximum absolute atomic E-state index is 10.6. The van der Waals surface area contributed by atoms with E-state index >= 15 is 0 Å². The van der Waals surface area contributed by atoms with Crippen LogP contribution in [0.15, 0.2) is 36.0 Å². The van der Waals surface area contributed by atoms with Gasteiger partial charge in [-0.05, 0) is 76.5 Å². The molecule has 232 valence electrons. The molecule has 0 aliphatic heterocycles. The van der Waals surface area contributed by atoms with Crippen molar-refractivity contribution in [2.45, 2.75) is 174 Å². The Hall–Kier alpha value is -1.84. The summed E-state index contributed by atoms with van der Waals surface area (Å²) in [7, 11) is 0. The van der Waals surface area contributed by atoms with E-state index in [4.69, 9.17) is 10.2 Å². The fourth-order valence-electron chi connectivity index (χ4n) is 5.27. The monoisotopic (exact) mass is 560 g/mol. The molecule has 1 unspecified atom stereocenters. The van der Waals surface area contributed by atoms with Gasteiger partial charge in [0, 0.05) is 12.8 Å². The summed E-state index contributed by atoms with van der Waals surface area (Å²) < 4.78 is 0. The molecule has 0 amide bonds. The fourth-order valence-corrected chi connectivity index (χ4v) is 5.27. The van der Waals surface area contributed by atoms with Crippen LogP contribution in [0, 0.1) is 5.92 Å². The molecular weight excluding hydrogens is 496 g/mol. The number of carboxylic acid groups (broad SMARTS) is 2. The third-order valence-electron chi connectivity index (χ3n) is 7.79. The van der Waals surface area contributed by atoms with Crippen LogP contribution in [0.3, 0.4) is 0 Å². The van der Waals surface area contributed by atoms with Crippen LogP contribution in [0.25, 0.3) is 0 Å². The van der Waals surface area contributed by atoms with Gasteiger partial charge in [0.25, 0.3) is 0 Å². The molecule has 4 heteroatoms.